The summed E-state index contributed by atoms with van der Waals surface area (Å²) in [7, 11) is 0. The Kier molecular flexibility index (Phi) is 3.68. The molecule has 0 saturated heterocycles. The first-order valence-corrected chi connectivity index (χ1v) is 5.00. The van der Waals surface area contributed by atoms with E-state index in [1.54, 1.807) is 5.57 Å². The lowest BCUT2D eigenvalue weighted by Crippen LogP contribution is -2.07. The van der Waals surface area contributed by atoms with Gasteiger partial charge in [0, 0.05) is 0 Å². The van der Waals surface area contributed by atoms with Gasteiger partial charge in [0.15, 0.2) is 0 Å². The minimum absolute atomic E-state index is 1.05. The van der Waals surface area contributed by atoms with Crippen molar-refractivity contribution < 1.29 is 0 Å². The van der Waals surface area contributed by atoms with E-state index in [0.717, 1.165) is 5.92 Å². The molecule has 1 aliphatic rings. The van der Waals surface area contributed by atoms with Crippen LogP contribution in [0.15, 0.2) is 11.6 Å². The van der Waals surface area contributed by atoms with Crippen molar-refractivity contribution in [3.63, 3.8) is 0 Å². The summed E-state index contributed by atoms with van der Waals surface area (Å²) in [6.45, 7) is 4.47. The summed E-state index contributed by atoms with van der Waals surface area (Å²) in [5.41, 5.74) is 1.69. The monoisotopic (exact) mass is 152 g/mol. The highest BCUT2D eigenvalue weighted by Gasteiger charge is 2.14. The average Bonchev–Trinajstić information content (AvgIpc) is 2.07. The van der Waals surface area contributed by atoms with Gasteiger partial charge in [-0.1, -0.05) is 31.4 Å². The van der Waals surface area contributed by atoms with Crippen LogP contribution >= 0.6 is 0 Å². The van der Waals surface area contributed by atoms with Crippen LogP contribution in [0.4, 0.5) is 0 Å². The van der Waals surface area contributed by atoms with Crippen LogP contribution in [-0.4, -0.2) is 0 Å². The molecule has 0 radical (unpaired) electrons. The molecule has 0 aromatic rings. The molecule has 0 heterocycles. The van der Waals surface area contributed by atoms with E-state index >= 15 is 0 Å². The van der Waals surface area contributed by atoms with E-state index in [1.165, 1.54) is 38.5 Å². The molecule has 0 heteroatoms. The smallest absolute Gasteiger partial charge is 0.0318 e. The van der Waals surface area contributed by atoms with Gasteiger partial charge in [0.25, 0.3) is 0 Å². The molecule has 1 fully saturated rings. The van der Waals surface area contributed by atoms with E-state index in [0.29, 0.717) is 0 Å². The molecule has 64 valence electrons. The molecule has 1 aliphatic carbocycles. The van der Waals surface area contributed by atoms with Crippen LogP contribution in [0.1, 0.15) is 52.4 Å². The average molecular weight is 152 g/mol. The van der Waals surface area contributed by atoms with Gasteiger partial charge in [0.2, 0.25) is 0 Å². The van der Waals surface area contributed by atoms with Gasteiger partial charge in [0.05, 0.1) is 0 Å². The highest BCUT2D eigenvalue weighted by molar-refractivity contribution is 5.03. The zero-order valence-electron chi connectivity index (χ0n) is 7.90. The van der Waals surface area contributed by atoms with Crippen LogP contribution < -0.4 is 0 Å². The lowest BCUT2D eigenvalue weighted by atomic mass is 9.83. The first-order chi connectivity index (χ1) is 5.36. The van der Waals surface area contributed by atoms with Crippen LogP contribution in [0, 0.1) is 5.92 Å². The second-order valence-electron chi connectivity index (χ2n) is 3.68. The Hall–Kier alpha value is -0.260. The number of hydrogen-bond acceptors (Lipinski definition) is 0. The molecule has 0 aliphatic heterocycles. The zero-order valence-corrected chi connectivity index (χ0v) is 7.90. The van der Waals surface area contributed by atoms with Gasteiger partial charge < -0.3 is 0 Å². The lowest BCUT2D eigenvalue weighted by Gasteiger charge is -2.23. The fraction of sp³-hybridized carbons (Fsp3) is 0.818. The normalized spacial score (nSPS) is 25.3. The summed E-state index contributed by atoms with van der Waals surface area (Å²) >= 11 is 0. The fourth-order valence-corrected chi connectivity index (χ4v) is 2.03. The van der Waals surface area contributed by atoms with Gasteiger partial charge in [-0.05, 0) is 38.5 Å². The Bertz CT molecular complexity index is 123. The molecule has 0 aromatic heterocycles. The quantitative estimate of drug-likeness (QED) is 0.526. The van der Waals surface area contributed by atoms with Crippen molar-refractivity contribution in [1.82, 2.24) is 0 Å². The number of rotatable bonds is 2. The zero-order chi connectivity index (χ0) is 8.10. The summed E-state index contributed by atoms with van der Waals surface area (Å²) in [6.07, 6.45) is 10.8. The van der Waals surface area contributed by atoms with Gasteiger partial charge in [-0.15, -0.1) is 0 Å². The third-order valence-corrected chi connectivity index (χ3v) is 2.85. The molecule has 0 atom stereocenters. The number of hydrogen-bond donors (Lipinski definition) is 0. The Balaban J connectivity index is 2.24. The minimum Gasteiger partial charge on any atom is -0.0885 e. The Morgan fingerprint density at radius 2 is 2.00 bits per heavy atom. The molecule has 1 rings (SSSR count). The topological polar surface area (TPSA) is 0 Å². The molecule has 0 aromatic carbocycles. The van der Waals surface area contributed by atoms with Gasteiger partial charge in [-0.2, -0.15) is 0 Å². The van der Waals surface area contributed by atoms with Gasteiger partial charge in [0.1, 0.15) is 0 Å². The van der Waals surface area contributed by atoms with Crippen LogP contribution in [0.25, 0.3) is 0 Å². The predicted molar refractivity (Wildman–Crippen MR) is 50.6 cm³/mol. The van der Waals surface area contributed by atoms with E-state index in [-0.39, 0.29) is 0 Å². The van der Waals surface area contributed by atoms with Crippen LogP contribution in [-0.2, 0) is 0 Å². The third-order valence-electron chi connectivity index (χ3n) is 2.85. The number of allylic oxidation sites excluding steroid dienone is 2. The molecule has 0 amide bonds. The molecular formula is C11H20. The van der Waals surface area contributed by atoms with Crippen LogP contribution in [0.5, 0.6) is 0 Å². The minimum atomic E-state index is 1.05. The third kappa shape index (κ3) is 2.69. The fourth-order valence-electron chi connectivity index (χ4n) is 2.03. The second-order valence-corrected chi connectivity index (χ2v) is 3.68. The van der Waals surface area contributed by atoms with Crippen molar-refractivity contribution in [3.05, 3.63) is 11.6 Å². The van der Waals surface area contributed by atoms with Crippen molar-refractivity contribution in [3.8, 4) is 0 Å². The van der Waals surface area contributed by atoms with E-state index in [4.69, 9.17) is 0 Å². The van der Waals surface area contributed by atoms with Crippen LogP contribution in [0.2, 0.25) is 0 Å². The lowest BCUT2D eigenvalue weighted by molar-refractivity contribution is 0.380. The summed E-state index contributed by atoms with van der Waals surface area (Å²) in [5, 5.41) is 0. The summed E-state index contributed by atoms with van der Waals surface area (Å²) in [5.74, 6) is 1.05. The first-order valence-electron chi connectivity index (χ1n) is 5.00. The summed E-state index contributed by atoms with van der Waals surface area (Å²) in [6, 6.07) is 0. The molecule has 0 bridgehead atoms. The molecule has 0 nitrogen and oxygen atoms in total. The first kappa shape index (κ1) is 8.83. The van der Waals surface area contributed by atoms with E-state index in [2.05, 4.69) is 19.9 Å². The van der Waals surface area contributed by atoms with Gasteiger partial charge in [-0.3, -0.25) is 0 Å². The van der Waals surface area contributed by atoms with Crippen molar-refractivity contribution in [2.24, 2.45) is 5.92 Å². The van der Waals surface area contributed by atoms with Crippen molar-refractivity contribution in [2.75, 3.05) is 0 Å². The Labute approximate surface area is 70.7 Å². The maximum Gasteiger partial charge on any atom is -0.0318 e. The van der Waals surface area contributed by atoms with Crippen molar-refractivity contribution in [2.45, 2.75) is 52.4 Å². The SMILES string of the molecule is CC=C1CCC(CCC)CC1. The maximum absolute atomic E-state index is 2.31. The van der Waals surface area contributed by atoms with Crippen molar-refractivity contribution >= 4 is 0 Å². The largest absolute Gasteiger partial charge is 0.0885 e. The Morgan fingerprint density at radius 3 is 2.45 bits per heavy atom. The molecule has 0 N–H and O–H groups in total. The highest BCUT2D eigenvalue weighted by Crippen LogP contribution is 2.30. The molecule has 11 heavy (non-hydrogen) atoms. The van der Waals surface area contributed by atoms with E-state index in [1.807, 2.05) is 0 Å². The molecule has 0 unspecified atom stereocenters. The Morgan fingerprint density at radius 1 is 1.36 bits per heavy atom. The van der Waals surface area contributed by atoms with E-state index in [9.17, 15) is 0 Å². The highest BCUT2D eigenvalue weighted by atomic mass is 14.2. The second kappa shape index (κ2) is 4.58. The van der Waals surface area contributed by atoms with Crippen molar-refractivity contribution in [1.29, 1.82) is 0 Å². The standard InChI is InChI=1S/C11H20/c1-3-5-11-8-6-10(4-2)7-9-11/h4,11H,3,5-9H2,1-2H3. The summed E-state index contributed by atoms with van der Waals surface area (Å²) < 4.78 is 0. The molecular weight excluding hydrogens is 132 g/mol. The predicted octanol–water partition coefficient (Wildman–Crippen LogP) is 3.92. The molecule has 0 spiro atoms. The molecule has 1 saturated carbocycles. The summed E-state index contributed by atoms with van der Waals surface area (Å²) in [4.78, 5) is 0. The van der Waals surface area contributed by atoms with Gasteiger partial charge >= 0.3 is 0 Å². The van der Waals surface area contributed by atoms with Crippen LogP contribution in [0.3, 0.4) is 0 Å². The van der Waals surface area contributed by atoms with Gasteiger partial charge in [-0.25, -0.2) is 0 Å². The van der Waals surface area contributed by atoms with E-state index < -0.39 is 0 Å². The maximum atomic E-state index is 2.31.